The van der Waals surface area contributed by atoms with Crippen molar-refractivity contribution in [2.45, 2.75) is 69.6 Å². The van der Waals surface area contributed by atoms with E-state index in [-0.39, 0.29) is 35.0 Å². The number of anilines is 3. The van der Waals surface area contributed by atoms with Crippen LogP contribution in [0.25, 0.3) is 11.0 Å². The van der Waals surface area contributed by atoms with Crippen molar-refractivity contribution in [2.24, 2.45) is 5.92 Å². The van der Waals surface area contributed by atoms with Gasteiger partial charge in [-0.05, 0) is 69.6 Å². The molecule has 2 aliphatic carbocycles. The third kappa shape index (κ3) is 5.82. The summed E-state index contributed by atoms with van der Waals surface area (Å²) in [6.07, 6.45) is 9.30. The van der Waals surface area contributed by atoms with Crippen LogP contribution >= 0.6 is 11.6 Å². The van der Waals surface area contributed by atoms with Gasteiger partial charge in [0.25, 0.3) is 0 Å². The van der Waals surface area contributed by atoms with Gasteiger partial charge in [-0.3, -0.25) is 4.79 Å². The lowest BCUT2D eigenvalue weighted by Gasteiger charge is -2.31. The summed E-state index contributed by atoms with van der Waals surface area (Å²) in [7, 11) is 0. The van der Waals surface area contributed by atoms with Crippen molar-refractivity contribution >= 4 is 46.0 Å². The number of carbonyl (C=O) groups excluding carboxylic acids is 1. The molecule has 2 fully saturated rings. The molecule has 1 aromatic carbocycles. The largest absolute Gasteiger partial charge is 0.393 e. The Morgan fingerprint density at radius 2 is 1.75 bits per heavy atom. The zero-order chi connectivity index (χ0) is 25.1. The lowest BCUT2D eigenvalue weighted by molar-refractivity contribution is -0.127. The first kappa shape index (κ1) is 24.6. The number of amides is 1. The molecular formula is C25H29ClFN7O2. The number of hydrogen-bond donors (Lipinski definition) is 4. The van der Waals surface area contributed by atoms with Gasteiger partial charge in [0.05, 0.1) is 17.3 Å². The monoisotopic (exact) mass is 513 g/mol. The maximum atomic E-state index is 13.5. The molecule has 2 aliphatic rings. The van der Waals surface area contributed by atoms with Crippen molar-refractivity contribution in [3.05, 3.63) is 41.6 Å². The normalized spacial score (nSPS) is 24.3. The Kier molecular flexibility index (Phi) is 7.43. The molecule has 2 heterocycles. The number of aromatic nitrogens is 4. The fraction of sp³-hybridized carbons (Fsp3) is 0.480. The molecule has 0 spiro atoms. The zero-order valence-corrected chi connectivity index (χ0v) is 20.5. The molecule has 0 atom stereocenters. The predicted octanol–water partition coefficient (Wildman–Crippen LogP) is 4.35. The number of halogens is 2. The molecule has 1 amide bonds. The van der Waals surface area contributed by atoms with Gasteiger partial charge >= 0.3 is 0 Å². The third-order valence-electron chi connectivity index (χ3n) is 7.03. The Morgan fingerprint density at radius 3 is 2.50 bits per heavy atom. The molecule has 5 rings (SSSR count). The van der Waals surface area contributed by atoms with Crippen LogP contribution in [0.4, 0.5) is 21.8 Å². The Balaban J connectivity index is 1.20. The van der Waals surface area contributed by atoms with E-state index >= 15 is 0 Å². The van der Waals surface area contributed by atoms with E-state index in [2.05, 4.69) is 35.9 Å². The molecule has 11 heteroatoms. The Bertz CT molecular complexity index is 1230. The fourth-order valence-corrected chi connectivity index (χ4v) is 5.13. The molecule has 190 valence electrons. The summed E-state index contributed by atoms with van der Waals surface area (Å²) < 4.78 is 13.5. The maximum Gasteiger partial charge on any atom is 0.223 e. The summed E-state index contributed by atoms with van der Waals surface area (Å²) in [5, 5.41) is 19.4. The van der Waals surface area contributed by atoms with Gasteiger partial charge in [0.2, 0.25) is 11.9 Å². The summed E-state index contributed by atoms with van der Waals surface area (Å²) in [5.41, 5.74) is 1.68. The second-order valence-electron chi connectivity index (χ2n) is 9.61. The molecule has 0 unspecified atom stereocenters. The molecule has 9 nitrogen and oxygen atoms in total. The maximum absolute atomic E-state index is 13.5. The molecule has 3 aromatic rings. The number of nitrogens with zero attached hydrogens (tertiary/aromatic N) is 4. The van der Waals surface area contributed by atoms with Crippen molar-refractivity contribution < 1.29 is 14.3 Å². The van der Waals surface area contributed by atoms with Crippen molar-refractivity contribution in [2.75, 3.05) is 10.6 Å². The second-order valence-corrected chi connectivity index (χ2v) is 10.0. The van der Waals surface area contributed by atoms with Gasteiger partial charge < -0.3 is 21.1 Å². The van der Waals surface area contributed by atoms with Crippen LogP contribution in [0.15, 0.2) is 30.7 Å². The van der Waals surface area contributed by atoms with E-state index in [1.54, 1.807) is 12.3 Å². The second kappa shape index (κ2) is 10.9. The quantitative estimate of drug-likeness (QED) is 0.383. The van der Waals surface area contributed by atoms with Crippen molar-refractivity contribution in [1.82, 2.24) is 25.3 Å². The van der Waals surface area contributed by atoms with Gasteiger partial charge in [0.15, 0.2) is 5.82 Å². The topological polar surface area (TPSA) is 125 Å². The molecule has 0 aliphatic heterocycles. The molecule has 36 heavy (non-hydrogen) atoms. The molecule has 0 bridgehead atoms. The first-order chi connectivity index (χ1) is 17.4. The minimum Gasteiger partial charge on any atom is -0.393 e. The van der Waals surface area contributed by atoms with Gasteiger partial charge in [-0.15, -0.1) is 0 Å². The number of fused-ring (bicyclic) bond motifs is 1. The standard InChI is InChI=1S/C25H29ClFN7O2/c26-19-11-17(7-10-20(19)27)31-23-22-21(29-13-30-23)12-28-25(34-22)33-16-3-1-14(2-4-16)24(36)32-15-5-8-18(35)9-6-15/h7,10-16,18,35H,1-6,8-9H2,(H,32,36)(H,28,33,34)(H,29,30,31). The van der Waals surface area contributed by atoms with Crippen LogP contribution in [0.2, 0.25) is 5.02 Å². The van der Waals surface area contributed by atoms with E-state index < -0.39 is 5.82 Å². The molecule has 4 N–H and O–H groups in total. The van der Waals surface area contributed by atoms with E-state index in [1.807, 2.05) is 0 Å². The smallest absolute Gasteiger partial charge is 0.223 e. The van der Waals surface area contributed by atoms with E-state index in [0.29, 0.717) is 28.5 Å². The number of hydrogen-bond acceptors (Lipinski definition) is 8. The predicted molar refractivity (Wildman–Crippen MR) is 136 cm³/mol. The van der Waals surface area contributed by atoms with Crippen molar-refractivity contribution in [1.29, 1.82) is 0 Å². The van der Waals surface area contributed by atoms with Crippen molar-refractivity contribution in [3.8, 4) is 0 Å². The highest BCUT2D eigenvalue weighted by Gasteiger charge is 2.29. The van der Waals surface area contributed by atoms with Crippen LogP contribution < -0.4 is 16.0 Å². The van der Waals surface area contributed by atoms with Crippen LogP contribution in [-0.2, 0) is 4.79 Å². The molecule has 2 aromatic heterocycles. The number of aliphatic hydroxyl groups excluding tert-OH is 1. The lowest BCUT2D eigenvalue weighted by Crippen LogP contribution is -2.43. The highest BCUT2D eigenvalue weighted by Crippen LogP contribution is 2.29. The van der Waals surface area contributed by atoms with Gasteiger partial charge in [-0.25, -0.2) is 24.3 Å². The summed E-state index contributed by atoms with van der Waals surface area (Å²) in [5.74, 6) is 0.573. The SMILES string of the molecule is O=C(NC1CCC(O)CC1)C1CCC(Nc2ncc3ncnc(Nc4ccc(F)c(Cl)c4)c3n2)CC1. The molecule has 2 saturated carbocycles. The number of carbonyl (C=O) groups is 1. The summed E-state index contributed by atoms with van der Waals surface area (Å²) in [6.45, 7) is 0. The summed E-state index contributed by atoms with van der Waals surface area (Å²) >= 11 is 5.90. The first-order valence-corrected chi connectivity index (χ1v) is 12.8. The Labute approximate surface area is 213 Å². The van der Waals surface area contributed by atoms with E-state index in [4.69, 9.17) is 11.6 Å². The average Bonchev–Trinajstić information content (AvgIpc) is 2.88. The highest BCUT2D eigenvalue weighted by molar-refractivity contribution is 6.31. The van der Waals surface area contributed by atoms with Gasteiger partial charge in [-0.1, -0.05) is 11.6 Å². The number of benzene rings is 1. The van der Waals surface area contributed by atoms with Crippen LogP contribution in [0.3, 0.4) is 0 Å². The highest BCUT2D eigenvalue weighted by atomic mass is 35.5. The zero-order valence-electron chi connectivity index (χ0n) is 19.8. The molecule has 0 radical (unpaired) electrons. The van der Waals surface area contributed by atoms with Crippen LogP contribution in [0.5, 0.6) is 0 Å². The van der Waals surface area contributed by atoms with Gasteiger partial charge in [0.1, 0.15) is 23.2 Å². The van der Waals surface area contributed by atoms with Crippen LogP contribution in [-0.4, -0.2) is 49.1 Å². The number of nitrogens with one attached hydrogen (secondary N) is 3. The summed E-state index contributed by atoms with van der Waals surface area (Å²) in [6, 6.07) is 4.68. The fourth-order valence-electron chi connectivity index (χ4n) is 4.95. The van der Waals surface area contributed by atoms with Gasteiger partial charge in [0, 0.05) is 23.7 Å². The van der Waals surface area contributed by atoms with Crippen LogP contribution in [0.1, 0.15) is 51.4 Å². The number of rotatable bonds is 6. The van der Waals surface area contributed by atoms with Crippen LogP contribution in [0, 0.1) is 11.7 Å². The Morgan fingerprint density at radius 1 is 1.00 bits per heavy atom. The first-order valence-electron chi connectivity index (χ1n) is 12.4. The minimum atomic E-state index is -0.496. The molecular weight excluding hydrogens is 485 g/mol. The number of aliphatic hydroxyl groups is 1. The van der Waals surface area contributed by atoms with E-state index in [1.165, 1.54) is 18.5 Å². The summed E-state index contributed by atoms with van der Waals surface area (Å²) in [4.78, 5) is 30.3. The van der Waals surface area contributed by atoms with Gasteiger partial charge in [-0.2, -0.15) is 0 Å². The minimum absolute atomic E-state index is 0.0113. The van der Waals surface area contributed by atoms with E-state index in [9.17, 15) is 14.3 Å². The van der Waals surface area contributed by atoms with E-state index in [0.717, 1.165) is 51.4 Å². The average molecular weight is 514 g/mol. The lowest BCUT2D eigenvalue weighted by atomic mass is 9.84. The third-order valence-corrected chi connectivity index (χ3v) is 7.32. The van der Waals surface area contributed by atoms with Crippen molar-refractivity contribution in [3.63, 3.8) is 0 Å². The molecule has 0 saturated heterocycles. The Hall–Kier alpha value is -3.11.